The number of rotatable bonds is 4. The van der Waals surface area contributed by atoms with Gasteiger partial charge < -0.3 is 9.47 Å². The van der Waals surface area contributed by atoms with E-state index in [9.17, 15) is 14.4 Å². The van der Waals surface area contributed by atoms with Crippen LogP contribution < -0.4 is 24.5 Å². The lowest BCUT2D eigenvalue weighted by atomic mass is 10.1. The summed E-state index contributed by atoms with van der Waals surface area (Å²) in [5.41, 5.74) is 3.09. The van der Waals surface area contributed by atoms with E-state index in [4.69, 9.17) is 9.47 Å². The molecule has 9 nitrogen and oxygen atoms in total. The first-order chi connectivity index (χ1) is 17.8. The number of anilines is 1. The van der Waals surface area contributed by atoms with Crippen molar-refractivity contribution in [3.8, 4) is 17.2 Å². The summed E-state index contributed by atoms with van der Waals surface area (Å²) in [6.07, 6.45) is 3.54. The van der Waals surface area contributed by atoms with Gasteiger partial charge in [0.1, 0.15) is 5.57 Å². The number of ether oxygens (including phenoxy) is 2. The van der Waals surface area contributed by atoms with Crippen molar-refractivity contribution in [3.63, 3.8) is 0 Å². The number of amides is 2. The number of carbonyl (C=O) groups is 2. The van der Waals surface area contributed by atoms with Crippen LogP contribution in [0, 0.1) is 20.8 Å². The van der Waals surface area contributed by atoms with E-state index in [1.165, 1.54) is 4.68 Å². The van der Waals surface area contributed by atoms with E-state index in [2.05, 4.69) is 5.10 Å². The minimum absolute atomic E-state index is 0.0334. The number of imide groups is 1. The van der Waals surface area contributed by atoms with Gasteiger partial charge in [-0.3, -0.25) is 19.5 Å². The van der Waals surface area contributed by atoms with Gasteiger partial charge in [-0.25, -0.2) is 9.58 Å². The van der Waals surface area contributed by atoms with E-state index in [1.807, 2.05) is 38.1 Å². The number of hydrogen-bond acceptors (Lipinski definition) is 5. The summed E-state index contributed by atoms with van der Waals surface area (Å²) in [6.45, 7) is 5.60. The predicted molar refractivity (Wildman–Crippen MR) is 135 cm³/mol. The molecule has 0 radical (unpaired) electrons. The lowest BCUT2D eigenvalue weighted by molar-refractivity contribution is -0.577. The molecule has 1 N–H and O–H groups in total. The van der Waals surface area contributed by atoms with Crippen LogP contribution in [0.5, 0.6) is 11.5 Å². The van der Waals surface area contributed by atoms with E-state index in [0.717, 1.165) is 16.0 Å². The Morgan fingerprint density at radius 1 is 0.811 bits per heavy atom. The maximum atomic E-state index is 14.0. The molecule has 4 heterocycles. The van der Waals surface area contributed by atoms with Gasteiger partial charge in [0.05, 0.1) is 16.9 Å². The second kappa shape index (κ2) is 8.34. The topological polar surface area (TPSA) is 97.5 Å². The Labute approximate surface area is 211 Å². The zero-order valence-electron chi connectivity index (χ0n) is 20.4. The molecule has 0 aliphatic carbocycles. The number of fused-ring (bicyclic) bond motifs is 1. The van der Waals surface area contributed by atoms with E-state index < -0.39 is 17.4 Å². The van der Waals surface area contributed by atoms with Crippen LogP contribution in [0.2, 0.25) is 0 Å². The number of nitrogens with one attached hydrogen (secondary N) is 1. The van der Waals surface area contributed by atoms with Gasteiger partial charge in [0.2, 0.25) is 6.79 Å². The molecule has 0 fully saturated rings. The quantitative estimate of drug-likeness (QED) is 0.347. The second-order valence-electron chi connectivity index (χ2n) is 9.09. The van der Waals surface area contributed by atoms with Crippen molar-refractivity contribution in [1.82, 2.24) is 9.78 Å². The van der Waals surface area contributed by atoms with Gasteiger partial charge in [0.25, 0.3) is 17.2 Å². The molecule has 2 aliphatic heterocycles. The number of benzene rings is 2. The highest BCUT2D eigenvalue weighted by Crippen LogP contribution is 2.39. The third-order valence-corrected chi connectivity index (χ3v) is 6.41. The molecular formula is C28H23N4O5+. The summed E-state index contributed by atoms with van der Waals surface area (Å²) in [4.78, 5) is 42.8. The number of aromatic amines is 1. The maximum absolute atomic E-state index is 14.0. The first-order valence-electron chi connectivity index (χ1n) is 11.7. The van der Waals surface area contributed by atoms with Gasteiger partial charge >= 0.3 is 5.91 Å². The zero-order valence-corrected chi connectivity index (χ0v) is 20.4. The summed E-state index contributed by atoms with van der Waals surface area (Å²) >= 11 is 0. The molecule has 0 spiro atoms. The van der Waals surface area contributed by atoms with Crippen molar-refractivity contribution >= 4 is 28.8 Å². The van der Waals surface area contributed by atoms with Crippen molar-refractivity contribution in [3.05, 3.63) is 99.7 Å². The Hall–Kier alpha value is -4.92. The number of nitrogens with zero attached hydrogens (tertiary/aromatic N) is 3. The van der Waals surface area contributed by atoms with Crippen molar-refractivity contribution in [2.75, 3.05) is 11.7 Å². The zero-order chi connectivity index (χ0) is 25.8. The molecule has 0 unspecified atom stereocenters. The van der Waals surface area contributed by atoms with Crippen LogP contribution >= 0.6 is 0 Å². The number of para-hydroxylation sites is 1. The molecule has 2 amide bonds. The largest absolute Gasteiger partial charge is 0.454 e. The fraction of sp³-hybridized carbons (Fsp3) is 0.143. The van der Waals surface area contributed by atoms with Crippen molar-refractivity contribution < 1.29 is 23.6 Å². The van der Waals surface area contributed by atoms with Gasteiger partial charge in [0.15, 0.2) is 23.9 Å². The Morgan fingerprint density at radius 2 is 1.51 bits per heavy atom. The van der Waals surface area contributed by atoms with Gasteiger partial charge in [-0.1, -0.05) is 18.2 Å². The molecule has 2 aromatic carbocycles. The molecule has 4 aromatic rings. The molecule has 0 saturated carbocycles. The minimum atomic E-state index is -0.593. The maximum Gasteiger partial charge on any atom is 0.331 e. The van der Waals surface area contributed by atoms with Gasteiger partial charge in [-0.15, -0.1) is 0 Å². The molecule has 2 aromatic heterocycles. The summed E-state index contributed by atoms with van der Waals surface area (Å²) in [6, 6.07) is 15.9. The Balaban J connectivity index is 1.58. The van der Waals surface area contributed by atoms with Crippen LogP contribution in [-0.2, 0) is 9.59 Å². The average Bonchev–Trinajstić information content (AvgIpc) is 3.52. The molecule has 37 heavy (non-hydrogen) atoms. The highest BCUT2D eigenvalue weighted by atomic mass is 16.7. The van der Waals surface area contributed by atoms with E-state index in [0.29, 0.717) is 28.6 Å². The van der Waals surface area contributed by atoms with Crippen molar-refractivity contribution in [1.29, 1.82) is 0 Å². The van der Waals surface area contributed by atoms with Crippen LogP contribution in [0.3, 0.4) is 0 Å². The molecule has 184 valence electrons. The van der Waals surface area contributed by atoms with Crippen LogP contribution in [-0.4, -0.2) is 28.4 Å². The number of aromatic nitrogens is 3. The highest BCUT2D eigenvalue weighted by molar-refractivity contribution is 6.53. The highest BCUT2D eigenvalue weighted by Gasteiger charge is 2.48. The summed E-state index contributed by atoms with van der Waals surface area (Å²) < 4.78 is 13.9. The van der Waals surface area contributed by atoms with Crippen LogP contribution in [0.4, 0.5) is 5.69 Å². The predicted octanol–water partition coefficient (Wildman–Crippen LogP) is 3.05. The monoisotopic (exact) mass is 495 g/mol. The van der Waals surface area contributed by atoms with Gasteiger partial charge in [-0.2, -0.15) is 4.57 Å². The smallest absolute Gasteiger partial charge is 0.331 e. The SMILES string of the molecule is Cc1cc(C)c[n+](C2=C(c3c(C)[nH]n(-c4ccccc4)c3=O)C(=O)N(c3ccc4c(c3)OCO4)C2=O)c1. The number of aryl methyl sites for hydroxylation is 3. The fourth-order valence-electron chi connectivity index (χ4n) is 4.88. The third kappa shape index (κ3) is 3.55. The summed E-state index contributed by atoms with van der Waals surface area (Å²) in [7, 11) is 0. The lowest BCUT2D eigenvalue weighted by Gasteiger charge is -2.14. The Bertz CT molecular complexity index is 1680. The molecule has 9 heteroatoms. The van der Waals surface area contributed by atoms with E-state index in [-0.39, 0.29) is 23.6 Å². The lowest BCUT2D eigenvalue weighted by Crippen LogP contribution is -2.40. The van der Waals surface area contributed by atoms with Crippen LogP contribution in [0.25, 0.3) is 17.0 Å². The van der Waals surface area contributed by atoms with E-state index >= 15 is 0 Å². The molecule has 2 aliphatic rings. The van der Waals surface area contributed by atoms with Crippen LogP contribution in [0.1, 0.15) is 22.4 Å². The van der Waals surface area contributed by atoms with Gasteiger partial charge in [-0.05, 0) is 51.1 Å². The molecule has 6 rings (SSSR count). The molecule has 0 atom stereocenters. The fourth-order valence-corrected chi connectivity index (χ4v) is 4.88. The Kier molecular flexibility index (Phi) is 5.08. The van der Waals surface area contributed by atoms with E-state index in [1.54, 1.807) is 54.2 Å². The number of carbonyl (C=O) groups excluding carboxylic acids is 2. The van der Waals surface area contributed by atoms with Crippen molar-refractivity contribution in [2.24, 2.45) is 0 Å². The standard InChI is InChI=1S/C28H22N4O5/c1-16-11-17(2)14-30(13-16)25-24(23-18(3)29-32(27(23)34)19-7-5-4-6-8-19)26(33)31(28(25)35)20-9-10-21-22(12-20)37-15-36-21/h4-14H,15H2,1-3H3/p+1. The number of pyridine rings is 1. The number of H-pyrrole nitrogens is 1. The minimum Gasteiger partial charge on any atom is -0.454 e. The Morgan fingerprint density at radius 3 is 2.24 bits per heavy atom. The summed E-state index contributed by atoms with van der Waals surface area (Å²) in [5.74, 6) is -0.159. The third-order valence-electron chi connectivity index (χ3n) is 6.41. The first-order valence-corrected chi connectivity index (χ1v) is 11.7. The first kappa shape index (κ1) is 22.5. The molecule has 0 saturated heterocycles. The second-order valence-corrected chi connectivity index (χ2v) is 9.09. The summed E-state index contributed by atoms with van der Waals surface area (Å²) in [5, 5.41) is 3.07. The van der Waals surface area contributed by atoms with Gasteiger partial charge in [0, 0.05) is 22.9 Å². The molecular weight excluding hydrogens is 472 g/mol. The normalized spacial score (nSPS) is 14.7. The average molecular weight is 496 g/mol. The molecule has 0 bridgehead atoms. The van der Waals surface area contributed by atoms with Crippen molar-refractivity contribution in [2.45, 2.75) is 20.8 Å². The van der Waals surface area contributed by atoms with Crippen LogP contribution in [0.15, 0.2) is 71.8 Å². The number of hydrogen-bond donors (Lipinski definition) is 1.